The van der Waals surface area contributed by atoms with Crippen LogP contribution in [0.2, 0.25) is 0 Å². The summed E-state index contributed by atoms with van der Waals surface area (Å²) in [4.78, 5) is 14.5. The van der Waals surface area contributed by atoms with Crippen LogP contribution < -0.4 is 4.74 Å². The highest BCUT2D eigenvalue weighted by Crippen LogP contribution is 2.36. The van der Waals surface area contributed by atoms with E-state index < -0.39 is 10.0 Å². The molecule has 29 heavy (non-hydrogen) atoms. The topological polar surface area (TPSA) is 97.6 Å². The van der Waals surface area contributed by atoms with Gasteiger partial charge in [-0.3, -0.25) is 4.98 Å². The maximum atomic E-state index is 11.7. The van der Waals surface area contributed by atoms with Gasteiger partial charge in [0.05, 0.1) is 34.8 Å². The van der Waals surface area contributed by atoms with Gasteiger partial charge in [0, 0.05) is 31.4 Å². The van der Waals surface area contributed by atoms with Gasteiger partial charge in [-0.05, 0) is 31.2 Å². The normalized spacial score (nSPS) is 15.1. The highest BCUT2D eigenvalue weighted by atomic mass is 32.2. The van der Waals surface area contributed by atoms with Crippen LogP contribution in [0.15, 0.2) is 41.8 Å². The van der Waals surface area contributed by atoms with Gasteiger partial charge in [0.1, 0.15) is 16.5 Å². The molecule has 0 amide bonds. The minimum atomic E-state index is -3.44. The van der Waals surface area contributed by atoms with Crippen molar-refractivity contribution in [1.29, 1.82) is 0 Å². The Morgan fingerprint density at radius 1 is 1.24 bits per heavy atom. The van der Waals surface area contributed by atoms with E-state index in [2.05, 4.69) is 15.1 Å². The largest absolute Gasteiger partial charge is 0.491 e. The lowest BCUT2D eigenvalue weighted by Crippen LogP contribution is -2.25. The summed E-state index contributed by atoms with van der Waals surface area (Å²) in [5.41, 5.74) is 3.69. The van der Waals surface area contributed by atoms with Crippen molar-refractivity contribution in [2.75, 3.05) is 19.9 Å². The minimum absolute atomic E-state index is 0.426. The fraction of sp³-hybridized carbons (Fsp3) is 0.263. The van der Waals surface area contributed by atoms with Crippen molar-refractivity contribution in [3.05, 3.63) is 48.0 Å². The van der Waals surface area contributed by atoms with Gasteiger partial charge in [0.2, 0.25) is 10.0 Å². The fourth-order valence-corrected chi connectivity index (χ4v) is 4.13. The molecule has 0 N–H and O–H groups in total. The van der Waals surface area contributed by atoms with E-state index in [0.29, 0.717) is 30.2 Å². The quantitative estimate of drug-likeness (QED) is 0.592. The zero-order valence-corrected chi connectivity index (χ0v) is 17.8. The van der Waals surface area contributed by atoms with Crippen LogP contribution in [0.5, 0.6) is 5.75 Å². The Balaban J connectivity index is 1.76. The molecular formula is C19H19N5O3S2. The third-order valence-corrected chi connectivity index (χ3v) is 6.68. The number of rotatable bonds is 4. The van der Waals surface area contributed by atoms with Gasteiger partial charge in [-0.2, -0.15) is 9.52 Å². The van der Waals surface area contributed by atoms with Crippen molar-refractivity contribution >= 4 is 27.1 Å². The van der Waals surface area contributed by atoms with Crippen LogP contribution in [0, 0.1) is 6.92 Å². The number of aryl methyl sites for hydroxylation is 1. The summed E-state index contributed by atoms with van der Waals surface area (Å²) in [6.45, 7) is 2.37. The Hall–Kier alpha value is -2.85. The summed E-state index contributed by atoms with van der Waals surface area (Å²) >= 11 is 1.54. The van der Waals surface area contributed by atoms with Gasteiger partial charge in [-0.15, -0.1) is 11.3 Å². The third kappa shape index (κ3) is 3.99. The molecule has 1 aliphatic heterocycles. The van der Waals surface area contributed by atoms with Gasteiger partial charge in [-0.1, -0.05) is 0 Å². The van der Waals surface area contributed by atoms with Crippen LogP contribution >= 0.6 is 11.3 Å². The van der Waals surface area contributed by atoms with E-state index in [1.165, 1.54) is 18.4 Å². The van der Waals surface area contributed by atoms with Crippen molar-refractivity contribution in [1.82, 2.24) is 19.4 Å². The number of thiazole rings is 1. The highest BCUT2D eigenvalue weighted by Gasteiger charge is 2.23. The molecule has 0 aliphatic carbocycles. The first-order valence-corrected chi connectivity index (χ1v) is 11.5. The summed E-state index contributed by atoms with van der Waals surface area (Å²) in [7, 11) is -2.03. The Bertz CT molecular complexity index is 1190. The standard InChI is InChI=1S/C19H19N5O3S2/c1-12-18(28-19(21-12)13-5-4-9-20-11-13)15-6-7-16-17(22-15)14(8-10-27-16)23-24(2)29(3,25)26/h4-7,9,11H,8,10H2,1-3H3/b23-14+. The minimum Gasteiger partial charge on any atom is -0.491 e. The maximum Gasteiger partial charge on any atom is 0.246 e. The first-order valence-electron chi connectivity index (χ1n) is 8.87. The van der Waals surface area contributed by atoms with E-state index >= 15 is 0 Å². The van der Waals surface area contributed by atoms with Crippen LogP contribution in [-0.4, -0.2) is 53.4 Å². The van der Waals surface area contributed by atoms with Crippen molar-refractivity contribution in [2.24, 2.45) is 5.10 Å². The van der Waals surface area contributed by atoms with E-state index in [9.17, 15) is 8.42 Å². The zero-order chi connectivity index (χ0) is 20.6. The summed E-state index contributed by atoms with van der Waals surface area (Å²) in [6.07, 6.45) is 5.10. The molecule has 3 aromatic heterocycles. The number of ether oxygens (including phenoxy) is 1. The molecule has 150 valence electrons. The molecule has 3 aromatic rings. The smallest absolute Gasteiger partial charge is 0.246 e. The molecule has 0 aromatic carbocycles. The highest BCUT2D eigenvalue weighted by molar-refractivity contribution is 7.88. The molecule has 0 saturated heterocycles. The second kappa shape index (κ2) is 7.53. The molecule has 10 heteroatoms. The average molecular weight is 430 g/mol. The Morgan fingerprint density at radius 2 is 2.07 bits per heavy atom. The molecule has 0 atom stereocenters. The number of hydrazone groups is 1. The van der Waals surface area contributed by atoms with Crippen molar-refractivity contribution in [3.8, 4) is 26.9 Å². The molecular weight excluding hydrogens is 410 g/mol. The molecule has 8 nitrogen and oxygen atoms in total. The second-order valence-electron chi connectivity index (χ2n) is 6.56. The number of pyridine rings is 2. The predicted octanol–water partition coefficient (Wildman–Crippen LogP) is 2.95. The predicted molar refractivity (Wildman–Crippen MR) is 113 cm³/mol. The molecule has 1 aliphatic rings. The van der Waals surface area contributed by atoms with Crippen LogP contribution in [0.4, 0.5) is 0 Å². The number of hydrogen-bond donors (Lipinski definition) is 0. The van der Waals surface area contributed by atoms with Gasteiger partial charge < -0.3 is 4.74 Å². The summed E-state index contributed by atoms with van der Waals surface area (Å²) in [6, 6.07) is 7.57. The molecule has 0 radical (unpaired) electrons. The van der Waals surface area contributed by atoms with E-state index in [4.69, 9.17) is 9.72 Å². The zero-order valence-electron chi connectivity index (χ0n) is 16.2. The third-order valence-electron chi connectivity index (χ3n) is 4.41. The monoisotopic (exact) mass is 429 g/mol. The van der Waals surface area contributed by atoms with Crippen molar-refractivity contribution in [2.45, 2.75) is 13.3 Å². The fourth-order valence-electron chi connectivity index (χ4n) is 2.86. The summed E-state index contributed by atoms with van der Waals surface area (Å²) in [5.74, 6) is 0.593. The van der Waals surface area contributed by atoms with Crippen LogP contribution in [0.3, 0.4) is 0 Å². The number of nitrogens with zero attached hydrogens (tertiary/aromatic N) is 5. The van der Waals surface area contributed by atoms with Crippen LogP contribution in [-0.2, 0) is 10.0 Å². The molecule has 4 rings (SSSR count). The van der Waals surface area contributed by atoms with Gasteiger partial charge in [-0.25, -0.2) is 18.4 Å². The number of hydrogen-bond acceptors (Lipinski definition) is 8. The molecule has 0 spiro atoms. The van der Waals surface area contributed by atoms with E-state index in [0.717, 1.165) is 37.5 Å². The van der Waals surface area contributed by atoms with Crippen molar-refractivity contribution < 1.29 is 13.2 Å². The Morgan fingerprint density at radius 3 is 2.79 bits per heavy atom. The van der Waals surface area contributed by atoms with Crippen molar-refractivity contribution in [3.63, 3.8) is 0 Å². The molecule has 4 heterocycles. The summed E-state index contributed by atoms with van der Waals surface area (Å²) < 4.78 is 30.1. The first-order chi connectivity index (χ1) is 13.8. The van der Waals surface area contributed by atoms with Gasteiger partial charge in [0.15, 0.2) is 0 Å². The lowest BCUT2D eigenvalue weighted by atomic mass is 10.1. The lowest BCUT2D eigenvalue weighted by molar-refractivity contribution is 0.317. The van der Waals surface area contributed by atoms with Crippen LogP contribution in [0.1, 0.15) is 17.8 Å². The van der Waals surface area contributed by atoms with E-state index in [1.807, 2.05) is 31.2 Å². The first kappa shape index (κ1) is 19.5. The second-order valence-corrected chi connectivity index (χ2v) is 9.55. The van der Waals surface area contributed by atoms with E-state index in [1.54, 1.807) is 12.4 Å². The lowest BCUT2D eigenvalue weighted by Gasteiger charge is -2.20. The Labute approximate surface area is 173 Å². The molecule has 0 fully saturated rings. The number of sulfonamides is 1. The number of fused-ring (bicyclic) bond motifs is 1. The number of aromatic nitrogens is 3. The Kier molecular flexibility index (Phi) is 5.05. The maximum absolute atomic E-state index is 11.7. The molecule has 0 bridgehead atoms. The van der Waals surface area contributed by atoms with Crippen LogP contribution in [0.25, 0.3) is 21.1 Å². The SMILES string of the molecule is Cc1nc(-c2cccnc2)sc1-c1ccc2c(n1)/C(=N/N(C)S(C)(=O)=O)CCO2. The summed E-state index contributed by atoms with van der Waals surface area (Å²) in [5, 5.41) is 5.13. The molecule has 0 unspecified atom stereocenters. The van der Waals surface area contributed by atoms with Gasteiger partial charge in [0.25, 0.3) is 0 Å². The average Bonchev–Trinajstić information content (AvgIpc) is 3.09. The van der Waals surface area contributed by atoms with E-state index in [-0.39, 0.29) is 0 Å². The molecule has 0 saturated carbocycles. The van der Waals surface area contributed by atoms with Gasteiger partial charge >= 0.3 is 0 Å².